The maximum atomic E-state index is 13.7. The number of rotatable bonds is 10. The maximum Gasteiger partial charge on any atom is 0.272 e. The molecule has 8 nitrogen and oxygen atoms in total. The normalized spacial score (nSPS) is 12.5. The Kier molecular flexibility index (Phi) is 8.71. The second kappa shape index (κ2) is 12.1. The third kappa shape index (κ3) is 5.91. The van der Waals surface area contributed by atoms with Gasteiger partial charge in [-0.05, 0) is 49.6 Å². The van der Waals surface area contributed by atoms with Crippen LogP contribution in [0.5, 0.6) is 11.5 Å². The molecule has 0 bridgehead atoms. The molecule has 1 aliphatic heterocycles. The second-order valence-corrected chi connectivity index (χ2v) is 9.43. The SMILES string of the molecule is CCCCN(C(=O)c1cccc(Cl)c1)c1nc2n(c1C(=O)NCc1ccc(OC)cc1OC)CCCC2. The van der Waals surface area contributed by atoms with Crippen molar-refractivity contribution >= 4 is 29.2 Å². The lowest BCUT2D eigenvalue weighted by Crippen LogP contribution is -2.35. The van der Waals surface area contributed by atoms with E-state index < -0.39 is 0 Å². The fourth-order valence-electron chi connectivity index (χ4n) is 4.54. The molecule has 0 saturated carbocycles. The zero-order chi connectivity index (χ0) is 26.4. The number of halogens is 1. The fraction of sp³-hybridized carbons (Fsp3) is 0.393. The number of aryl methyl sites for hydroxylation is 1. The number of fused-ring (bicyclic) bond motifs is 1. The van der Waals surface area contributed by atoms with Gasteiger partial charge in [-0.3, -0.25) is 14.5 Å². The number of benzene rings is 2. The van der Waals surface area contributed by atoms with Crippen LogP contribution in [0, 0.1) is 0 Å². The van der Waals surface area contributed by atoms with E-state index in [1.54, 1.807) is 49.5 Å². The number of nitrogens with one attached hydrogen (secondary N) is 1. The molecule has 0 saturated heterocycles. The summed E-state index contributed by atoms with van der Waals surface area (Å²) < 4.78 is 12.7. The van der Waals surface area contributed by atoms with Gasteiger partial charge in [0.2, 0.25) is 0 Å². The lowest BCUT2D eigenvalue weighted by atomic mass is 10.1. The number of carbonyl (C=O) groups excluding carboxylic acids is 2. The van der Waals surface area contributed by atoms with E-state index in [0.29, 0.717) is 46.7 Å². The van der Waals surface area contributed by atoms with Gasteiger partial charge in [-0.1, -0.05) is 31.0 Å². The summed E-state index contributed by atoms with van der Waals surface area (Å²) in [5.41, 5.74) is 1.69. The maximum absolute atomic E-state index is 13.7. The molecule has 0 spiro atoms. The van der Waals surface area contributed by atoms with Crippen molar-refractivity contribution in [3.8, 4) is 11.5 Å². The molecule has 196 valence electrons. The molecule has 2 heterocycles. The number of unbranched alkanes of at least 4 members (excludes halogenated alkanes) is 1. The molecule has 0 fully saturated rings. The molecule has 37 heavy (non-hydrogen) atoms. The molecular formula is C28H33ClN4O4. The average molecular weight is 525 g/mol. The van der Waals surface area contributed by atoms with Crippen molar-refractivity contribution in [2.45, 2.75) is 52.1 Å². The van der Waals surface area contributed by atoms with Crippen molar-refractivity contribution in [3.05, 3.63) is 70.1 Å². The quantitative estimate of drug-likeness (QED) is 0.390. The highest BCUT2D eigenvalue weighted by Gasteiger charge is 2.31. The summed E-state index contributed by atoms with van der Waals surface area (Å²) in [7, 11) is 3.17. The topological polar surface area (TPSA) is 85.7 Å². The van der Waals surface area contributed by atoms with Crippen molar-refractivity contribution in [1.29, 1.82) is 0 Å². The predicted octanol–water partition coefficient (Wildman–Crippen LogP) is 5.27. The van der Waals surface area contributed by atoms with Crippen LogP contribution in [-0.4, -0.2) is 42.1 Å². The van der Waals surface area contributed by atoms with Gasteiger partial charge in [0.15, 0.2) is 11.5 Å². The first-order valence-electron chi connectivity index (χ1n) is 12.6. The number of imidazole rings is 1. The number of hydrogen-bond acceptors (Lipinski definition) is 5. The van der Waals surface area contributed by atoms with Gasteiger partial charge in [0.1, 0.15) is 17.3 Å². The summed E-state index contributed by atoms with van der Waals surface area (Å²) in [4.78, 5) is 33.8. The van der Waals surface area contributed by atoms with Gasteiger partial charge in [0, 0.05) is 48.3 Å². The minimum Gasteiger partial charge on any atom is -0.497 e. The summed E-state index contributed by atoms with van der Waals surface area (Å²) in [5, 5.41) is 3.51. The molecule has 1 aliphatic rings. The van der Waals surface area contributed by atoms with E-state index in [2.05, 4.69) is 12.2 Å². The molecule has 1 aromatic heterocycles. The van der Waals surface area contributed by atoms with Crippen LogP contribution in [0.1, 0.15) is 64.8 Å². The van der Waals surface area contributed by atoms with E-state index in [1.807, 2.05) is 16.7 Å². The van der Waals surface area contributed by atoms with E-state index in [-0.39, 0.29) is 18.4 Å². The van der Waals surface area contributed by atoms with Crippen molar-refractivity contribution in [2.75, 3.05) is 25.7 Å². The first-order chi connectivity index (χ1) is 18.0. The van der Waals surface area contributed by atoms with Gasteiger partial charge < -0.3 is 19.4 Å². The smallest absolute Gasteiger partial charge is 0.272 e. The average Bonchev–Trinajstić information content (AvgIpc) is 3.31. The summed E-state index contributed by atoms with van der Waals surface area (Å²) in [5.74, 6) is 2.01. The van der Waals surface area contributed by atoms with Crippen LogP contribution in [0.25, 0.3) is 0 Å². The van der Waals surface area contributed by atoms with E-state index in [1.165, 1.54) is 0 Å². The first-order valence-corrected chi connectivity index (χ1v) is 13.0. The van der Waals surface area contributed by atoms with Crippen molar-refractivity contribution in [2.24, 2.45) is 0 Å². The highest BCUT2D eigenvalue weighted by molar-refractivity contribution is 6.31. The molecule has 1 N–H and O–H groups in total. The highest BCUT2D eigenvalue weighted by atomic mass is 35.5. The molecule has 0 unspecified atom stereocenters. The van der Waals surface area contributed by atoms with Gasteiger partial charge >= 0.3 is 0 Å². The van der Waals surface area contributed by atoms with Crippen LogP contribution in [0.15, 0.2) is 42.5 Å². The second-order valence-electron chi connectivity index (χ2n) is 8.99. The Bertz CT molecular complexity index is 1270. The van der Waals surface area contributed by atoms with E-state index >= 15 is 0 Å². The molecule has 2 amide bonds. The molecular weight excluding hydrogens is 492 g/mol. The van der Waals surface area contributed by atoms with Crippen LogP contribution >= 0.6 is 11.6 Å². The zero-order valence-corrected chi connectivity index (χ0v) is 22.3. The minimum absolute atomic E-state index is 0.225. The summed E-state index contributed by atoms with van der Waals surface area (Å²) in [6.07, 6.45) is 4.38. The Labute approximate surface area is 222 Å². The third-order valence-corrected chi connectivity index (χ3v) is 6.75. The standard InChI is InChI=1S/C28H33ClN4O4/c1-4-5-14-33(28(35)19-9-8-10-21(29)16-19)26-25(32-15-7-6-11-24(32)31-26)27(34)30-18-20-12-13-22(36-2)17-23(20)37-3/h8-10,12-13,16-17H,4-7,11,14-15,18H2,1-3H3,(H,30,34). The van der Waals surface area contributed by atoms with Gasteiger partial charge in [-0.15, -0.1) is 0 Å². The van der Waals surface area contributed by atoms with Gasteiger partial charge in [-0.25, -0.2) is 4.98 Å². The number of aromatic nitrogens is 2. The molecule has 0 atom stereocenters. The number of methoxy groups -OCH3 is 2. The molecule has 0 radical (unpaired) electrons. The zero-order valence-electron chi connectivity index (χ0n) is 21.6. The Balaban J connectivity index is 1.69. The Morgan fingerprint density at radius 1 is 1.14 bits per heavy atom. The Morgan fingerprint density at radius 2 is 1.97 bits per heavy atom. The minimum atomic E-state index is -0.283. The highest BCUT2D eigenvalue weighted by Crippen LogP contribution is 2.29. The number of hydrogen-bond donors (Lipinski definition) is 1. The number of anilines is 1. The van der Waals surface area contributed by atoms with Crippen molar-refractivity contribution in [1.82, 2.24) is 14.9 Å². The van der Waals surface area contributed by atoms with Crippen LogP contribution in [0.3, 0.4) is 0 Å². The summed E-state index contributed by atoms with van der Waals surface area (Å²) in [6.45, 7) is 3.45. The molecule has 2 aromatic carbocycles. The van der Waals surface area contributed by atoms with Crippen LogP contribution in [0.4, 0.5) is 5.82 Å². The number of carbonyl (C=O) groups is 2. The number of amides is 2. The predicted molar refractivity (Wildman–Crippen MR) is 144 cm³/mol. The molecule has 9 heteroatoms. The largest absolute Gasteiger partial charge is 0.497 e. The lowest BCUT2D eigenvalue weighted by Gasteiger charge is -2.23. The van der Waals surface area contributed by atoms with Crippen molar-refractivity contribution in [3.63, 3.8) is 0 Å². The van der Waals surface area contributed by atoms with Crippen molar-refractivity contribution < 1.29 is 19.1 Å². The fourth-order valence-corrected chi connectivity index (χ4v) is 4.73. The first kappa shape index (κ1) is 26.5. The van der Waals surface area contributed by atoms with E-state index in [0.717, 1.165) is 43.5 Å². The van der Waals surface area contributed by atoms with Crippen LogP contribution in [0.2, 0.25) is 5.02 Å². The molecule has 4 rings (SSSR count). The van der Waals surface area contributed by atoms with Gasteiger partial charge in [-0.2, -0.15) is 0 Å². The lowest BCUT2D eigenvalue weighted by molar-refractivity contribution is 0.0940. The molecule has 3 aromatic rings. The van der Waals surface area contributed by atoms with Crippen LogP contribution in [-0.2, 0) is 19.5 Å². The van der Waals surface area contributed by atoms with Gasteiger partial charge in [0.05, 0.1) is 14.2 Å². The Hall–Kier alpha value is -3.52. The third-order valence-electron chi connectivity index (χ3n) is 6.52. The van der Waals surface area contributed by atoms with Crippen LogP contribution < -0.4 is 19.7 Å². The van der Waals surface area contributed by atoms with E-state index in [4.69, 9.17) is 26.1 Å². The Morgan fingerprint density at radius 3 is 2.70 bits per heavy atom. The monoisotopic (exact) mass is 524 g/mol. The number of ether oxygens (including phenoxy) is 2. The summed E-state index contributed by atoms with van der Waals surface area (Å²) >= 11 is 6.18. The molecule has 0 aliphatic carbocycles. The van der Waals surface area contributed by atoms with E-state index in [9.17, 15) is 9.59 Å². The summed E-state index contributed by atoms with van der Waals surface area (Å²) in [6, 6.07) is 12.3. The van der Waals surface area contributed by atoms with Gasteiger partial charge in [0.25, 0.3) is 11.8 Å². The number of nitrogens with zero attached hydrogens (tertiary/aromatic N) is 3.